The molecule has 1 N–H and O–H groups in total. The van der Waals surface area contributed by atoms with Gasteiger partial charge < -0.3 is 29.0 Å². The van der Waals surface area contributed by atoms with Gasteiger partial charge in [-0.15, -0.1) is 0 Å². The van der Waals surface area contributed by atoms with Crippen LogP contribution < -0.4 is 14.2 Å². The van der Waals surface area contributed by atoms with Gasteiger partial charge in [0.2, 0.25) is 6.79 Å². The van der Waals surface area contributed by atoms with Gasteiger partial charge in [0, 0.05) is 18.7 Å². The van der Waals surface area contributed by atoms with Gasteiger partial charge in [-0.05, 0) is 42.7 Å². The molecule has 32 heavy (non-hydrogen) atoms. The molecule has 2 atom stereocenters. The predicted octanol–water partition coefficient (Wildman–Crippen LogP) is 3.02. The maximum atomic E-state index is 13.1. The maximum Gasteiger partial charge on any atom is 0.295 e. The van der Waals surface area contributed by atoms with E-state index in [1.54, 1.807) is 42.5 Å². The minimum absolute atomic E-state index is 0.0279. The Kier molecular flexibility index (Phi) is 5.22. The Morgan fingerprint density at radius 2 is 2.00 bits per heavy atom. The Bertz CT molecular complexity index is 1100. The predicted molar refractivity (Wildman–Crippen MR) is 114 cm³/mol. The number of carbonyl (C=O) groups excluding carboxylic acids is 2. The molecular weight excluding hydrogens is 414 g/mol. The number of aliphatic hydroxyl groups excluding tert-OH is 1. The van der Waals surface area contributed by atoms with Crippen molar-refractivity contribution in [3.05, 3.63) is 59.2 Å². The monoisotopic (exact) mass is 437 g/mol. The van der Waals surface area contributed by atoms with Crippen LogP contribution in [0.3, 0.4) is 0 Å². The lowest BCUT2D eigenvalue weighted by atomic mass is 9.94. The number of methoxy groups -OCH3 is 1. The van der Waals surface area contributed by atoms with Crippen molar-refractivity contribution in [3.8, 4) is 17.2 Å². The fraction of sp³-hybridized carbons (Fsp3) is 0.333. The summed E-state index contributed by atoms with van der Waals surface area (Å²) in [5.74, 6) is 0.0184. The van der Waals surface area contributed by atoms with Gasteiger partial charge >= 0.3 is 0 Å². The van der Waals surface area contributed by atoms with E-state index in [4.69, 9.17) is 18.9 Å². The summed E-state index contributed by atoms with van der Waals surface area (Å²) in [5.41, 5.74) is 1.07. The normalized spacial score (nSPS) is 23.7. The smallest absolute Gasteiger partial charge is 0.295 e. The highest BCUT2D eigenvalue weighted by molar-refractivity contribution is 6.46. The van der Waals surface area contributed by atoms with Gasteiger partial charge in [-0.25, -0.2) is 0 Å². The molecule has 2 aromatic rings. The van der Waals surface area contributed by atoms with Gasteiger partial charge in [0.05, 0.1) is 24.8 Å². The molecule has 3 aliphatic rings. The van der Waals surface area contributed by atoms with Gasteiger partial charge in [0.25, 0.3) is 11.7 Å². The Morgan fingerprint density at radius 3 is 2.78 bits per heavy atom. The van der Waals surface area contributed by atoms with E-state index < -0.39 is 17.7 Å². The third-order valence-electron chi connectivity index (χ3n) is 6.02. The number of ketones is 1. The number of carbonyl (C=O) groups is 2. The summed E-state index contributed by atoms with van der Waals surface area (Å²) in [5, 5.41) is 11.2. The second-order valence-corrected chi connectivity index (χ2v) is 7.93. The number of aliphatic hydroxyl groups is 1. The molecule has 8 heteroatoms. The summed E-state index contributed by atoms with van der Waals surface area (Å²) >= 11 is 0. The SMILES string of the molecule is COc1cccc(/C(O)=C2\C(=O)C(=O)N(CC3CCCO3)C2c2ccc3c(c2)OCO3)c1. The summed E-state index contributed by atoms with van der Waals surface area (Å²) in [6.07, 6.45) is 1.57. The van der Waals surface area contributed by atoms with Crippen LogP contribution in [0, 0.1) is 0 Å². The minimum Gasteiger partial charge on any atom is -0.507 e. The van der Waals surface area contributed by atoms with Gasteiger partial charge in [0.1, 0.15) is 11.5 Å². The van der Waals surface area contributed by atoms with E-state index >= 15 is 0 Å². The van der Waals surface area contributed by atoms with Crippen LogP contribution in [0.25, 0.3) is 5.76 Å². The second kappa shape index (κ2) is 8.20. The summed E-state index contributed by atoms with van der Waals surface area (Å²) in [7, 11) is 1.52. The molecule has 2 aromatic carbocycles. The average Bonchev–Trinajstić information content (AvgIpc) is 3.55. The van der Waals surface area contributed by atoms with Crippen molar-refractivity contribution >= 4 is 17.4 Å². The quantitative estimate of drug-likeness (QED) is 0.437. The van der Waals surface area contributed by atoms with Gasteiger partial charge in [-0.3, -0.25) is 9.59 Å². The highest BCUT2D eigenvalue weighted by Gasteiger charge is 2.47. The average molecular weight is 437 g/mol. The zero-order valence-corrected chi connectivity index (χ0v) is 17.6. The fourth-order valence-corrected chi connectivity index (χ4v) is 4.43. The van der Waals surface area contributed by atoms with Crippen LogP contribution in [0.4, 0.5) is 0 Å². The molecule has 3 heterocycles. The van der Waals surface area contributed by atoms with Gasteiger partial charge in [-0.1, -0.05) is 18.2 Å². The molecule has 3 aliphatic heterocycles. The van der Waals surface area contributed by atoms with Crippen molar-refractivity contribution in [2.45, 2.75) is 25.0 Å². The topological polar surface area (TPSA) is 94.5 Å². The molecular formula is C24H23NO7. The number of ether oxygens (including phenoxy) is 4. The van der Waals surface area contributed by atoms with E-state index in [-0.39, 0.29) is 30.8 Å². The molecule has 0 saturated carbocycles. The summed E-state index contributed by atoms with van der Waals surface area (Å²) < 4.78 is 21.9. The highest BCUT2D eigenvalue weighted by atomic mass is 16.7. The van der Waals surface area contributed by atoms with Crippen molar-refractivity contribution in [2.24, 2.45) is 0 Å². The molecule has 2 fully saturated rings. The number of hydrogen-bond acceptors (Lipinski definition) is 7. The first-order valence-corrected chi connectivity index (χ1v) is 10.5. The summed E-state index contributed by atoms with van der Waals surface area (Å²) in [4.78, 5) is 27.7. The molecule has 0 bridgehead atoms. The largest absolute Gasteiger partial charge is 0.507 e. The van der Waals surface area contributed by atoms with E-state index in [2.05, 4.69) is 0 Å². The van der Waals surface area contributed by atoms with Gasteiger partial charge in [0.15, 0.2) is 11.5 Å². The van der Waals surface area contributed by atoms with E-state index in [9.17, 15) is 14.7 Å². The number of benzene rings is 2. The molecule has 166 valence electrons. The first kappa shape index (κ1) is 20.4. The van der Waals surface area contributed by atoms with Crippen LogP contribution in [-0.4, -0.2) is 54.9 Å². The molecule has 0 spiro atoms. The first-order chi connectivity index (χ1) is 15.6. The fourth-order valence-electron chi connectivity index (χ4n) is 4.43. The highest BCUT2D eigenvalue weighted by Crippen LogP contribution is 2.43. The molecule has 2 saturated heterocycles. The molecule has 0 radical (unpaired) electrons. The van der Waals surface area contributed by atoms with E-state index in [0.29, 0.717) is 35.0 Å². The Balaban J connectivity index is 1.62. The standard InChI is InChI=1S/C24H23NO7/c1-29-16-5-2-4-15(10-16)22(26)20-21(14-7-8-18-19(11-14)32-13-31-18)25(24(28)23(20)27)12-17-6-3-9-30-17/h2,4-5,7-8,10-11,17,21,26H,3,6,9,12-13H2,1H3/b22-20+. The zero-order chi connectivity index (χ0) is 22.2. The summed E-state index contributed by atoms with van der Waals surface area (Å²) in [6.45, 7) is 1.00. The van der Waals surface area contributed by atoms with E-state index in [1.165, 1.54) is 12.0 Å². The lowest BCUT2D eigenvalue weighted by molar-refractivity contribution is -0.140. The van der Waals surface area contributed by atoms with Crippen LogP contribution in [0.15, 0.2) is 48.0 Å². The molecule has 0 aromatic heterocycles. The molecule has 5 rings (SSSR count). The second-order valence-electron chi connectivity index (χ2n) is 7.93. The van der Waals surface area contributed by atoms with Crippen molar-refractivity contribution in [1.29, 1.82) is 0 Å². The number of amides is 1. The molecule has 0 aliphatic carbocycles. The van der Waals surface area contributed by atoms with E-state index in [0.717, 1.165) is 12.8 Å². The third-order valence-corrected chi connectivity index (χ3v) is 6.02. The molecule has 2 unspecified atom stereocenters. The number of hydrogen-bond donors (Lipinski definition) is 1. The van der Waals surface area contributed by atoms with Crippen molar-refractivity contribution in [2.75, 3.05) is 27.1 Å². The Morgan fingerprint density at radius 1 is 1.16 bits per heavy atom. The third kappa shape index (κ3) is 3.46. The lowest BCUT2D eigenvalue weighted by Gasteiger charge is -2.27. The minimum atomic E-state index is -0.778. The van der Waals surface area contributed by atoms with E-state index in [1.807, 2.05) is 0 Å². The molecule has 1 amide bonds. The zero-order valence-electron chi connectivity index (χ0n) is 17.6. The van der Waals surface area contributed by atoms with Crippen molar-refractivity contribution < 1.29 is 33.6 Å². The maximum absolute atomic E-state index is 13.1. The Hall–Kier alpha value is -3.52. The number of Topliss-reactive ketones (excluding diaryl/α,β-unsaturated/α-hetero) is 1. The van der Waals surface area contributed by atoms with Crippen LogP contribution >= 0.6 is 0 Å². The number of likely N-dealkylation sites (tertiary alicyclic amines) is 1. The van der Waals surface area contributed by atoms with Gasteiger partial charge in [-0.2, -0.15) is 0 Å². The number of fused-ring (bicyclic) bond motifs is 1. The Labute approximate surface area is 184 Å². The van der Waals surface area contributed by atoms with Crippen LogP contribution in [0.1, 0.15) is 30.0 Å². The first-order valence-electron chi connectivity index (χ1n) is 10.5. The van der Waals surface area contributed by atoms with Crippen molar-refractivity contribution in [3.63, 3.8) is 0 Å². The lowest BCUT2D eigenvalue weighted by Crippen LogP contribution is -2.36. The van der Waals surface area contributed by atoms with Crippen LogP contribution in [-0.2, 0) is 14.3 Å². The van der Waals surface area contributed by atoms with Crippen LogP contribution in [0.2, 0.25) is 0 Å². The van der Waals surface area contributed by atoms with Crippen molar-refractivity contribution in [1.82, 2.24) is 4.90 Å². The number of rotatable bonds is 5. The molecule has 8 nitrogen and oxygen atoms in total. The van der Waals surface area contributed by atoms with Crippen LogP contribution in [0.5, 0.6) is 17.2 Å². The number of nitrogens with zero attached hydrogens (tertiary/aromatic N) is 1. The summed E-state index contributed by atoms with van der Waals surface area (Å²) in [6, 6.07) is 11.2.